The molecule has 42 heavy (non-hydrogen) atoms. The van der Waals surface area contributed by atoms with Crippen LogP contribution >= 0.6 is 0 Å². The van der Waals surface area contributed by atoms with E-state index >= 15 is 0 Å². The van der Waals surface area contributed by atoms with Gasteiger partial charge < -0.3 is 23.4 Å². The number of carbonyl (C=O) groups is 1. The summed E-state index contributed by atoms with van der Waals surface area (Å²) >= 11 is 0. The molecule has 0 unspecified atom stereocenters. The Hall–Kier alpha value is -3.81. The Bertz CT molecular complexity index is 1500. The Balaban J connectivity index is 1.96. The zero-order valence-corrected chi connectivity index (χ0v) is 27.2. The van der Waals surface area contributed by atoms with Gasteiger partial charge in [0.25, 0.3) is 8.32 Å². The number of benzene rings is 4. The number of hydrogen-bond donors (Lipinski definition) is 0. The number of rotatable bonds is 11. The number of hydrogen-bond acceptors (Lipinski definition) is 6. The van der Waals surface area contributed by atoms with Crippen molar-refractivity contribution < 1.29 is 28.2 Å². The van der Waals surface area contributed by atoms with Crippen LogP contribution in [0.5, 0.6) is 23.0 Å². The fraction of sp³-hybridized carbons (Fsp3) is 0.343. The van der Waals surface area contributed by atoms with Crippen LogP contribution in [0.15, 0.2) is 72.8 Å². The van der Waals surface area contributed by atoms with E-state index in [1.165, 1.54) is 10.4 Å². The van der Waals surface area contributed by atoms with Gasteiger partial charge in [0.1, 0.15) is 23.0 Å². The van der Waals surface area contributed by atoms with E-state index in [4.69, 9.17) is 23.4 Å². The maximum absolute atomic E-state index is 13.3. The number of fused-ring (bicyclic) bond motifs is 1. The lowest BCUT2D eigenvalue weighted by Gasteiger charge is -2.44. The number of methoxy groups -OCH3 is 4. The zero-order chi connectivity index (χ0) is 30.7. The summed E-state index contributed by atoms with van der Waals surface area (Å²) in [5, 5.41) is 3.59. The quantitative estimate of drug-likeness (QED) is 0.146. The Morgan fingerprint density at radius 2 is 1.33 bits per heavy atom. The molecule has 0 radical (unpaired) electrons. The largest absolute Gasteiger partial charge is 0.497 e. The Kier molecular flexibility index (Phi) is 9.33. The molecule has 0 saturated heterocycles. The lowest BCUT2D eigenvalue weighted by Crippen LogP contribution is -2.67. The highest BCUT2D eigenvalue weighted by atomic mass is 28.4. The molecule has 0 spiro atoms. The van der Waals surface area contributed by atoms with Gasteiger partial charge in [0.05, 0.1) is 39.4 Å². The van der Waals surface area contributed by atoms with Gasteiger partial charge in [-0.05, 0) is 35.3 Å². The molecule has 0 aromatic heterocycles. The van der Waals surface area contributed by atoms with Gasteiger partial charge in [0, 0.05) is 29.5 Å². The Labute approximate surface area is 250 Å². The molecule has 222 valence electrons. The number of Topliss-reactive ketones (excluding diaryl/α,β-unsaturated/α-hetero) is 1. The number of ketones is 1. The second kappa shape index (κ2) is 12.6. The smallest absolute Gasteiger partial charge is 0.261 e. The lowest BCUT2D eigenvalue weighted by molar-refractivity contribution is 0.101. The third-order valence-corrected chi connectivity index (χ3v) is 13.0. The Morgan fingerprint density at radius 3 is 1.76 bits per heavy atom. The maximum atomic E-state index is 13.3. The van der Waals surface area contributed by atoms with Gasteiger partial charge >= 0.3 is 0 Å². The molecule has 6 nitrogen and oxygen atoms in total. The van der Waals surface area contributed by atoms with Gasteiger partial charge in [-0.1, -0.05) is 81.4 Å². The first-order chi connectivity index (χ1) is 20.0. The van der Waals surface area contributed by atoms with Gasteiger partial charge in [0.2, 0.25) is 0 Å². The molecule has 4 aromatic carbocycles. The van der Waals surface area contributed by atoms with Crippen molar-refractivity contribution in [3.8, 4) is 23.0 Å². The van der Waals surface area contributed by atoms with E-state index in [1.54, 1.807) is 41.4 Å². The third-order valence-electron chi connectivity index (χ3n) is 7.85. The van der Waals surface area contributed by atoms with Crippen molar-refractivity contribution in [2.45, 2.75) is 52.2 Å². The molecule has 1 atom stereocenters. The van der Waals surface area contributed by atoms with Gasteiger partial charge in [-0.2, -0.15) is 0 Å². The average molecular weight is 587 g/mol. The normalized spacial score (nSPS) is 12.6. The van der Waals surface area contributed by atoms with Crippen molar-refractivity contribution in [1.29, 1.82) is 0 Å². The van der Waals surface area contributed by atoms with E-state index in [-0.39, 0.29) is 16.9 Å². The maximum Gasteiger partial charge on any atom is 0.261 e. The lowest BCUT2D eigenvalue weighted by atomic mass is 9.91. The first-order valence-corrected chi connectivity index (χ1v) is 16.1. The molecule has 0 bridgehead atoms. The predicted molar refractivity (Wildman–Crippen MR) is 172 cm³/mol. The summed E-state index contributed by atoms with van der Waals surface area (Å²) < 4.78 is 30.6. The zero-order valence-electron chi connectivity index (χ0n) is 26.2. The first-order valence-electron chi connectivity index (χ1n) is 14.2. The molecule has 0 heterocycles. The highest BCUT2D eigenvalue weighted by Crippen LogP contribution is 2.48. The van der Waals surface area contributed by atoms with E-state index in [0.29, 0.717) is 40.4 Å². The number of ether oxygens (including phenoxy) is 4. The second-order valence-corrected chi connectivity index (χ2v) is 15.8. The first kappa shape index (κ1) is 31.1. The van der Waals surface area contributed by atoms with Crippen LogP contribution in [0.2, 0.25) is 5.04 Å². The van der Waals surface area contributed by atoms with Gasteiger partial charge in [-0.15, -0.1) is 0 Å². The molecule has 0 saturated carbocycles. The van der Waals surface area contributed by atoms with Crippen molar-refractivity contribution >= 4 is 35.2 Å². The monoisotopic (exact) mass is 586 g/mol. The van der Waals surface area contributed by atoms with Crippen LogP contribution in [0, 0.1) is 0 Å². The van der Waals surface area contributed by atoms with Crippen LogP contribution in [0.3, 0.4) is 0 Å². The van der Waals surface area contributed by atoms with Gasteiger partial charge in [-0.25, -0.2) is 0 Å². The molecule has 0 fully saturated rings. The van der Waals surface area contributed by atoms with Crippen LogP contribution in [-0.4, -0.2) is 48.6 Å². The molecular weight excluding hydrogens is 544 g/mol. The molecule has 0 aliphatic heterocycles. The summed E-state index contributed by atoms with van der Waals surface area (Å²) in [4.78, 5) is 13.3. The van der Waals surface area contributed by atoms with E-state index in [9.17, 15) is 4.79 Å². The van der Waals surface area contributed by atoms with Crippen molar-refractivity contribution in [1.82, 2.24) is 0 Å². The fourth-order valence-corrected chi connectivity index (χ4v) is 10.8. The van der Waals surface area contributed by atoms with E-state index in [2.05, 4.69) is 76.2 Å². The number of carbonyl (C=O) groups excluding carboxylic acids is 1. The van der Waals surface area contributed by atoms with Gasteiger partial charge in [0.15, 0.2) is 5.78 Å². The fourth-order valence-electron chi connectivity index (χ4n) is 6.15. The summed E-state index contributed by atoms with van der Waals surface area (Å²) in [5.41, 5.74) is 1.19. The molecule has 0 aliphatic carbocycles. The molecular formula is C35H42O6Si. The Morgan fingerprint density at radius 1 is 0.786 bits per heavy atom. The van der Waals surface area contributed by atoms with Crippen molar-refractivity contribution in [2.24, 2.45) is 0 Å². The van der Waals surface area contributed by atoms with Crippen molar-refractivity contribution in [3.63, 3.8) is 0 Å². The van der Waals surface area contributed by atoms with E-state index in [1.807, 2.05) is 18.2 Å². The highest BCUT2D eigenvalue weighted by Gasteiger charge is 2.51. The molecule has 0 aliphatic rings. The molecule has 7 heteroatoms. The summed E-state index contributed by atoms with van der Waals surface area (Å²) in [6, 6.07) is 24.7. The minimum absolute atomic E-state index is 0.127. The minimum atomic E-state index is -2.84. The average Bonchev–Trinajstić information content (AvgIpc) is 2.98. The molecule has 4 aromatic rings. The van der Waals surface area contributed by atoms with Crippen molar-refractivity contribution in [2.75, 3.05) is 28.4 Å². The molecule has 0 N–H and O–H groups in total. The van der Waals surface area contributed by atoms with Gasteiger partial charge in [-0.3, -0.25) is 4.79 Å². The van der Waals surface area contributed by atoms with Crippen LogP contribution in [0.25, 0.3) is 10.8 Å². The molecule has 4 rings (SSSR count). The highest BCUT2D eigenvalue weighted by molar-refractivity contribution is 6.99. The van der Waals surface area contributed by atoms with E-state index < -0.39 is 8.32 Å². The SMILES string of the molecule is COc1cc(OC)c2c(OC)c(C(C)=O)c(C[C@H](C)O[Si](c3ccccc3)(c3ccccc3)C(C)(C)C)c(OC)c2c1. The van der Waals surface area contributed by atoms with Crippen LogP contribution in [0.4, 0.5) is 0 Å². The molecule has 0 amide bonds. The summed E-state index contributed by atoms with van der Waals surface area (Å²) in [6.45, 7) is 10.4. The summed E-state index contributed by atoms with van der Waals surface area (Å²) in [7, 11) is 3.54. The van der Waals surface area contributed by atoms with Crippen LogP contribution in [-0.2, 0) is 10.8 Å². The van der Waals surface area contributed by atoms with Crippen LogP contribution in [0.1, 0.15) is 50.5 Å². The standard InChI is InChI=1S/C35H42O6Si/c1-23(41-42(35(3,4)5,26-16-12-10-13-17-26)27-18-14-11-15-19-27)20-28-31(24(2)36)34(40-9)32-29(33(28)39-8)21-25(37-6)22-30(32)38-7/h10-19,21-23H,20H2,1-9H3/t23-/m0/s1. The second-order valence-electron chi connectivity index (χ2n) is 11.5. The summed E-state index contributed by atoms with van der Waals surface area (Å²) in [5.74, 6) is 2.04. The van der Waals surface area contributed by atoms with Crippen LogP contribution < -0.4 is 29.3 Å². The van der Waals surface area contributed by atoms with E-state index in [0.717, 1.165) is 10.9 Å². The minimum Gasteiger partial charge on any atom is -0.497 e. The topological polar surface area (TPSA) is 63.2 Å². The predicted octanol–water partition coefficient (Wildman–Crippen LogP) is 6.58. The summed E-state index contributed by atoms with van der Waals surface area (Å²) in [6.07, 6.45) is 0.145. The third kappa shape index (κ3) is 5.51. The van der Waals surface area contributed by atoms with Crippen molar-refractivity contribution in [3.05, 3.63) is 83.9 Å².